The Morgan fingerprint density at radius 1 is 1.62 bits per heavy atom. The second-order valence-electron chi connectivity index (χ2n) is 4.43. The zero-order chi connectivity index (χ0) is 11.5. The number of nitrogens with two attached hydrogens (primary N) is 1. The van der Waals surface area contributed by atoms with Crippen LogP contribution in [0.4, 0.5) is 11.5 Å². The molecule has 0 spiro atoms. The van der Waals surface area contributed by atoms with Crippen LogP contribution in [0.15, 0.2) is 16.7 Å². The molecule has 1 aliphatic rings. The molecule has 2 rings (SSSR count). The third kappa shape index (κ3) is 2.48. The molecule has 1 saturated heterocycles. The van der Waals surface area contributed by atoms with Crippen LogP contribution < -0.4 is 10.6 Å². The van der Waals surface area contributed by atoms with Crippen LogP contribution in [0.5, 0.6) is 0 Å². The summed E-state index contributed by atoms with van der Waals surface area (Å²) in [5.41, 5.74) is 6.77. The first-order valence-electron chi connectivity index (χ1n) is 5.86. The van der Waals surface area contributed by atoms with Gasteiger partial charge in [0.15, 0.2) is 5.82 Å². The molecule has 2 N–H and O–H groups in total. The zero-order valence-electron chi connectivity index (χ0n) is 9.62. The van der Waals surface area contributed by atoms with Crippen molar-refractivity contribution in [1.82, 2.24) is 4.98 Å². The first-order valence-corrected chi connectivity index (χ1v) is 6.66. The predicted octanol–water partition coefficient (Wildman–Crippen LogP) is 3.05. The summed E-state index contributed by atoms with van der Waals surface area (Å²) < 4.78 is 0.942. The van der Waals surface area contributed by atoms with Crippen LogP contribution >= 0.6 is 15.9 Å². The molecule has 0 amide bonds. The first kappa shape index (κ1) is 11.7. The van der Waals surface area contributed by atoms with Gasteiger partial charge in [0.2, 0.25) is 0 Å². The number of pyridine rings is 1. The van der Waals surface area contributed by atoms with Crippen molar-refractivity contribution < 1.29 is 0 Å². The van der Waals surface area contributed by atoms with E-state index in [1.54, 1.807) is 0 Å². The highest BCUT2D eigenvalue weighted by Gasteiger charge is 2.20. The van der Waals surface area contributed by atoms with Crippen molar-refractivity contribution in [3.8, 4) is 0 Å². The van der Waals surface area contributed by atoms with E-state index >= 15 is 0 Å². The van der Waals surface area contributed by atoms with Crippen molar-refractivity contribution in [2.45, 2.75) is 26.2 Å². The van der Waals surface area contributed by atoms with Crippen LogP contribution in [0.3, 0.4) is 0 Å². The number of piperidine rings is 1. The number of nitrogens with zero attached hydrogens (tertiary/aromatic N) is 2. The van der Waals surface area contributed by atoms with Crippen molar-refractivity contribution in [2.75, 3.05) is 23.7 Å². The van der Waals surface area contributed by atoms with Crippen molar-refractivity contribution in [2.24, 2.45) is 5.92 Å². The summed E-state index contributed by atoms with van der Waals surface area (Å²) in [7, 11) is 0. The summed E-state index contributed by atoms with van der Waals surface area (Å²) in [5, 5.41) is 0. The lowest BCUT2D eigenvalue weighted by atomic mass is 9.95. The van der Waals surface area contributed by atoms with Gasteiger partial charge in [-0.2, -0.15) is 0 Å². The maximum atomic E-state index is 6.00. The lowest BCUT2D eigenvalue weighted by molar-refractivity contribution is 0.403. The minimum absolute atomic E-state index is 0.770. The quantitative estimate of drug-likeness (QED) is 0.907. The largest absolute Gasteiger partial charge is 0.396 e. The van der Waals surface area contributed by atoms with E-state index < -0.39 is 0 Å². The van der Waals surface area contributed by atoms with Gasteiger partial charge in [-0.15, -0.1) is 0 Å². The molecule has 0 saturated carbocycles. The van der Waals surface area contributed by atoms with Gasteiger partial charge < -0.3 is 10.6 Å². The molecule has 88 valence electrons. The predicted molar refractivity (Wildman–Crippen MR) is 71.6 cm³/mol. The van der Waals surface area contributed by atoms with E-state index in [4.69, 9.17) is 5.73 Å². The number of anilines is 2. The fraction of sp³-hybridized carbons (Fsp3) is 0.583. The van der Waals surface area contributed by atoms with Gasteiger partial charge in [0.05, 0.1) is 5.69 Å². The van der Waals surface area contributed by atoms with Crippen LogP contribution in [-0.2, 0) is 0 Å². The van der Waals surface area contributed by atoms with Crippen LogP contribution in [0, 0.1) is 5.92 Å². The van der Waals surface area contributed by atoms with Crippen molar-refractivity contribution >= 4 is 27.4 Å². The molecule has 2 heterocycles. The molecule has 1 unspecified atom stereocenters. The van der Waals surface area contributed by atoms with E-state index in [1.165, 1.54) is 19.3 Å². The molecule has 0 aromatic carbocycles. The van der Waals surface area contributed by atoms with E-state index in [0.29, 0.717) is 0 Å². The average molecular weight is 284 g/mol. The van der Waals surface area contributed by atoms with Crippen molar-refractivity contribution in [1.29, 1.82) is 0 Å². The Morgan fingerprint density at radius 2 is 2.44 bits per heavy atom. The minimum atomic E-state index is 0.770. The molecular weight excluding hydrogens is 266 g/mol. The van der Waals surface area contributed by atoms with Gasteiger partial charge in [-0.05, 0) is 40.8 Å². The molecule has 4 heteroatoms. The summed E-state index contributed by atoms with van der Waals surface area (Å²) in [6, 6.07) is 1.93. The summed E-state index contributed by atoms with van der Waals surface area (Å²) >= 11 is 3.38. The lowest BCUT2D eigenvalue weighted by Gasteiger charge is -2.33. The highest BCUT2D eigenvalue weighted by molar-refractivity contribution is 9.10. The fourth-order valence-corrected chi connectivity index (χ4v) is 2.65. The number of halogens is 1. The topological polar surface area (TPSA) is 42.2 Å². The van der Waals surface area contributed by atoms with E-state index in [2.05, 4.69) is 32.7 Å². The van der Waals surface area contributed by atoms with Gasteiger partial charge in [0.1, 0.15) is 0 Å². The van der Waals surface area contributed by atoms with Crippen molar-refractivity contribution in [3.05, 3.63) is 16.7 Å². The van der Waals surface area contributed by atoms with Crippen molar-refractivity contribution in [3.63, 3.8) is 0 Å². The second kappa shape index (κ2) is 5.04. The van der Waals surface area contributed by atoms with Crippen LogP contribution in [0.25, 0.3) is 0 Å². The minimum Gasteiger partial charge on any atom is -0.396 e. The van der Waals surface area contributed by atoms with Gasteiger partial charge in [-0.25, -0.2) is 4.98 Å². The van der Waals surface area contributed by atoms with E-state index in [9.17, 15) is 0 Å². The van der Waals surface area contributed by atoms with E-state index in [0.717, 1.165) is 35.0 Å². The third-order valence-electron chi connectivity index (χ3n) is 3.26. The SMILES string of the molecule is CCC1CCCN(c2ncc(Br)cc2N)C1. The Kier molecular flexibility index (Phi) is 3.69. The average Bonchev–Trinajstić information content (AvgIpc) is 2.29. The molecule has 1 aliphatic heterocycles. The summed E-state index contributed by atoms with van der Waals surface area (Å²) in [5.74, 6) is 1.74. The van der Waals surface area contributed by atoms with Gasteiger partial charge in [0.25, 0.3) is 0 Å². The monoisotopic (exact) mass is 283 g/mol. The smallest absolute Gasteiger partial charge is 0.151 e. The Bertz CT molecular complexity index is 367. The van der Waals surface area contributed by atoms with Crippen LogP contribution in [0.2, 0.25) is 0 Å². The zero-order valence-corrected chi connectivity index (χ0v) is 11.2. The highest BCUT2D eigenvalue weighted by Crippen LogP contribution is 2.28. The Labute approximate surface area is 105 Å². The summed E-state index contributed by atoms with van der Waals surface area (Å²) in [4.78, 5) is 6.74. The molecule has 1 aromatic heterocycles. The fourth-order valence-electron chi connectivity index (χ4n) is 2.30. The van der Waals surface area contributed by atoms with Gasteiger partial charge >= 0.3 is 0 Å². The standard InChI is InChI=1S/C12H18BrN3/c1-2-9-4-3-5-16(8-9)12-11(14)6-10(13)7-15-12/h6-7,9H,2-5,8,14H2,1H3. The maximum absolute atomic E-state index is 6.00. The summed E-state index contributed by atoms with van der Waals surface area (Å²) in [6.45, 7) is 4.43. The molecule has 1 fully saturated rings. The molecule has 0 bridgehead atoms. The maximum Gasteiger partial charge on any atom is 0.151 e. The van der Waals surface area contributed by atoms with E-state index in [-0.39, 0.29) is 0 Å². The molecule has 0 radical (unpaired) electrons. The first-order chi connectivity index (χ1) is 7.70. The van der Waals surface area contributed by atoms with Crippen LogP contribution in [0.1, 0.15) is 26.2 Å². The molecule has 0 aliphatic carbocycles. The number of nitrogen functional groups attached to an aromatic ring is 1. The van der Waals surface area contributed by atoms with Crippen LogP contribution in [-0.4, -0.2) is 18.1 Å². The van der Waals surface area contributed by atoms with Gasteiger partial charge in [-0.3, -0.25) is 0 Å². The van der Waals surface area contributed by atoms with Gasteiger partial charge in [0, 0.05) is 23.8 Å². The molecule has 1 aromatic rings. The molecule has 16 heavy (non-hydrogen) atoms. The lowest BCUT2D eigenvalue weighted by Crippen LogP contribution is -2.36. The number of rotatable bonds is 2. The number of aromatic nitrogens is 1. The molecular formula is C12H18BrN3. The Hall–Kier alpha value is -0.770. The number of hydrogen-bond donors (Lipinski definition) is 1. The van der Waals surface area contributed by atoms with E-state index in [1.807, 2.05) is 12.3 Å². The normalized spacial score (nSPS) is 21.1. The Morgan fingerprint density at radius 3 is 3.12 bits per heavy atom. The third-order valence-corrected chi connectivity index (χ3v) is 3.69. The van der Waals surface area contributed by atoms with Gasteiger partial charge in [-0.1, -0.05) is 13.3 Å². The number of hydrogen-bond acceptors (Lipinski definition) is 3. The summed E-state index contributed by atoms with van der Waals surface area (Å²) in [6.07, 6.45) is 5.65. The molecule has 1 atom stereocenters. The Balaban J connectivity index is 2.16. The molecule has 3 nitrogen and oxygen atoms in total. The highest BCUT2D eigenvalue weighted by atomic mass is 79.9. The second-order valence-corrected chi connectivity index (χ2v) is 5.34.